The molecule has 12 heavy (non-hydrogen) atoms. The van der Waals surface area contributed by atoms with Crippen LogP contribution in [-0.4, -0.2) is 24.0 Å². The average molecular weight is 169 g/mol. The van der Waals surface area contributed by atoms with E-state index < -0.39 is 0 Å². The van der Waals surface area contributed by atoms with Crippen LogP contribution in [0.2, 0.25) is 0 Å². The molecular weight excluding hydrogens is 146 g/mol. The summed E-state index contributed by atoms with van der Waals surface area (Å²) in [5.74, 6) is 0.987. The van der Waals surface area contributed by atoms with E-state index in [0.717, 1.165) is 12.0 Å². The molecule has 0 aliphatic carbocycles. The largest absolute Gasteiger partial charge is 0.300 e. The Morgan fingerprint density at radius 3 is 2.50 bits per heavy atom. The van der Waals surface area contributed by atoms with Gasteiger partial charge < -0.3 is 4.90 Å². The van der Waals surface area contributed by atoms with Gasteiger partial charge in [0.15, 0.2) is 0 Å². The molecule has 72 valence electrons. The van der Waals surface area contributed by atoms with E-state index in [1.54, 1.807) is 0 Å². The summed E-state index contributed by atoms with van der Waals surface area (Å²) >= 11 is 0. The van der Waals surface area contributed by atoms with Gasteiger partial charge in [0, 0.05) is 12.6 Å². The summed E-state index contributed by atoms with van der Waals surface area (Å²) in [4.78, 5) is 2.66. The van der Waals surface area contributed by atoms with Crippen molar-refractivity contribution in [3.05, 3.63) is 0 Å². The molecule has 1 heterocycles. The van der Waals surface area contributed by atoms with E-state index in [4.69, 9.17) is 0 Å². The Morgan fingerprint density at radius 1 is 1.25 bits per heavy atom. The van der Waals surface area contributed by atoms with Crippen molar-refractivity contribution in [3.8, 4) is 0 Å². The second-order valence-electron chi connectivity index (χ2n) is 4.04. The number of rotatable bonds is 4. The van der Waals surface area contributed by atoms with Gasteiger partial charge in [0.1, 0.15) is 0 Å². The lowest BCUT2D eigenvalue weighted by atomic mass is 10.0. The molecule has 1 aliphatic rings. The molecule has 0 N–H and O–H groups in total. The van der Waals surface area contributed by atoms with Gasteiger partial charge in [-0.05, 0) is 25.3 Å². The highest BCUT2D eigenvalue weighted by Crippen LogP contribution is 2.27. The summed E-state index contributed by atoms with van der Waals surface area (Å²) in [6.07, 6.45) is 5.58. The third-order valence-electron chi connectivity index (χ3n) is 3.22. The van der Waals surface area contributed by atoms with Gasteiger partial charge in [0.05, 0.1) is 0 Å². The van der Waals surface area contributed by atoms with Crippen LogP contribution in [0, 0.1) is 5.92 Å². The molecule has 1 heteroatoms. The summed E-state index contributed by atoms with van der Waals surface area (Å²) in [6, 6.07) is 0.907. The highest BCUT2D eigenvalue weighted by Gasteiger charge is 2.28. The lowest BCUT2D eigenvalue weighted by Crippen LogP contribution is -2.28. The van der Waals surface area contributed by atoms with Gasteiger partial charge in [-0.25, -0.2) is 0 Å². The maximum atomic E-state index is 2.66. The predicted molar refractivity (Wildman–Crippen MR) is 54.3 cm³/mol. The molecule has 0 aromatic heterocycles. The molecule has 0 amide bonds. The zero-order chi connectivity index (χ0) is 8.97. The van der Waals surface area contributed by atoms with Crippen LogP contribution in [0.4, 0.5) is 0 Å². The fourth-order valence-electron chi connectivity index (χ4n) is 2.41. The monoisotopic (exact) mass is 169 g/mol. The second-order valence-corrected chi connectivity index (χ2v) is 4.04. The summed E-state index contributed by atoms with van der Waals surface area (Å²) in [6.45, 7) is 9.53. The van der Waals surface area contributed by atoms with Crippen molar-refractivity contribution in [1.29, 1.82) is 0 Å². The SMILES string of the molecule is CCCC1CC(CC)CN1CC. The molecule has 2 atom stereocenters. The van der Waals surface area contributed by atoms with Crippen LogP contribution in [0.3, 0.4) is 0 Å². The first-order valence-electron chi connectivity index (χ1n) is 5.55. The van der Waals surface area contributed by atoms with Gasteiger partial charge in [0.2, 0.25) is 0 Å². The molecule has 1 fully saturated rings. The van der Waals surface area contributed by atoms with E-state index in [-0.39, 0.29) is 0 Å². The van der Waals surface area contributed by atoms with E-state index in [1.807, 2.05) is 0 Å². The van der Waals surface area contributed by atoms with Crippen LogP contribution >= 0.6 is 0 Å². The maximum absolute atomic E-state index is 2.66. The van der Waals surface area contributed by atoms with Crippen LogP contribution in [0.25, 0.3) is 0 Å². The van der Waals surface area contributed by atoms with Crippen molar-refractivity contribution < 1.29 is 0 Å². The van der Waals surface area contributed by atoms with Crippen molar-refractivity contribution in [2.75, 3.05) is 13.1 Å². The minimum Gasteiger partial charge on any atom is -0.300 e. The number of nitrogens with zero attached hydrogens (tertiary/aromatic N) is 1. The Kier molecular flexibility index (Phi) is 4.07. The smallest absolute Gasteiger partial charge is 0.00982 e. The molecule has 0 saturated carbocycles. The summed E-state index contributed by atoms with van der Waals surface area (Å²) in [5.41, 5.74) is 0. The molecule has 0 spiro atoms. The Bertz CT molecular complexity index is 122. The Morgan fingerprint density at radius 2 is 2.00 bits per heavy atom. The van der Waals surface area contributed by atoms with Gasteiger partial charge in [-0.15, -0.1) is 0 Å². The second kappa shape index (κ2) is 4.86. The van der Waals surface area contributed by atoms with Gasteiger partial charge in [-0.1, -0.05) is 33.6 Å². The fourth-order valence-corrected chi connectivity index (χ4v) is 2.41. The van der Waals surface area contributed by atoms with E-state index in [0.29, 0.717) is 0 Å². The molecule has 0 bridgehead atoms. The van der Waals surface area contributed by atoms with Crippen molar-refractivity contribution in [2.24, 2.45) is 5.92 Å². The molecule has 1 nitrogen and oxygen atoms in total. The molecule has 0 aromatic carbocycles. The first kappa shape index (κ1) is 10.0. The van der Waals surface area contributed by atoms with Crippen LogP contribution < -0.4 is 0 Å². The number of likely N-dealkylation sites (tertiary alicyclic amines) is 1. The molecule has 1 rings (SSSR count). The number of hydrogen-bond donors (Lipinski definition) is 0. The van der Waals surface area contributed by atoms with Crippen LogP contribution in [0.1, 0.15) is 46.5 Å². The first-order chi connectivity index (χ1) is 5.81. The summed E-state index contributed by atoms with van der Waals surface area (Å²) in [5, 5.41) is 0. The molecule has 2 unspecified atom stereocenters. The van der Waals surface area contributed by atoms with Crippen LogP contribution in [0.5, 0.6) is 0 Å². The van der Waals surface area contributed by atoms with Gasteiger partial charge in [-0.2, -0.15) is 0 Å². The fraction of sp³-hybridized carbons (Fsp3) is 1.00. The normalized spacial score (nSPS) is 31.2. The van der Waals surface area contributed by atoms with E-state index >= 15 is 0 Å². The maximum Gasteiger partial charge on any atom is 0.00982 e. The van der Waals surface area contributed by atoms with E-state index in [2.05, 4.69) is 25.7 Å². The van der Waals surface area contributed by atoms with E-state index in [1.165, 1.54) is 38.8 Å². The third kappa shape index (κ3) is 2.22. The quantitative estimate of drug-likeness (QED) is 0.625. The van der Waals surface area contributed by atoms with Crippen molar-refractivity contribution in [3.63, 3.8) is 0 Å². The average Bonchev–Trinajstić information content (AvgIpc) is 2.48. The summed E-state index contributed by atoms with van der Waals surface area (Å²) < 4.78 is 0. The molecule has 0 aromatic rings. The number of hydrogen-bond acceptors (Lipinski definition) is 1. The van der Waals surface area contributed by atoms with Crippen LogP contribution in [0.15, 0.2) is 0 Å². The third-order valence-corrected chi connectivity index (χ3v) is 3.22. The van der Waals surface area contributed by atoms with Gasteiger partial charge in [0.25, 0.3) is 0 Å². The zero-order valence-corrected chi connectivity index (χ0v) is 8.84. The van der Waals surface area contributed by atoms with Crippen molar-refractivity contribution in [2.45, 2.75) is 52.5 Å². The molecule has 1 saturated heterocycles. The highest BCUT2D eigenvalue weighted by atomic mass is 15.2. The molecular formula is C11H23N. The zero-order valence-electron chi connectivity index (χ0n) is 8.84. The molecule has 0 radical (unpaired) electrons. The lowest BCUT2D eigenvalue weighted by Gasteiger charge is -2.21. The van der Waals surface area contributed by atoms with Crippen molar-refractivity contribution in [1.82, 2.24) is 4.90 Å². The van der Waals surface area contributed by atoms with Gasteiger partial charge in [-0.3, -0.25) is 0 Å². The Labute approximate surface area is 77.1 Å². The summed E-state index contributed by atoms with van der Waals surface area (Å²) in [7, 11) is 0. The van der Waals surface area contributed by atoms with Crippen LogP contribution in [-0.2, 0) is 0 Å². The minimum absolute atomic E-state index is 0.907. The standard InChI is InChI=1S/C11H23N/c1-4-7-11-8-10(5-2)9-12(11)6-3/h10-11H,4-9H2,1-3H3. The molecule has 1 aliphatic heterocycles. The topological polar surface area (TPSA) is 3.24 Å². The first-order valence-corrected chi connectivity index (χ1v) is 5.55. The van der Waals surface area contributed by atoms with E-state index in [9.17, 15) is 0 Å². The van der Waals surface area contributed by atoms with Crippen molar-refractivity contribution >= 4 is 0 Å². The minimum atomic E-state index is 0.907. The highest BCUT2D eigenvalue weighted by molar-refractivity contribution is 4.83. The Balaban J connectivity index is 2.39. The lowest BCUT2D eigenvalue weighted by molar-refractivity contribution is 0.251. The Hall–Kier alpha value is -0.0400. The van der Waals surface area contributed by atoms with Gasteiger partial charge >= 0.3 is 0 Å². The predicted octanol–water partition coefficient (Wildman–Crippen LogP) is 2.91.